The predicted molar refractivity (Wildman–Crippen MR) is 105 cm³/mol. The van der Waals surface area contributed by atoms with Crippen LogP contribution in [0.2, 0.25) is 0 Å². The van der Waals surface area contributed by atoms with Crippen LogP contribution in [-0.2, 0) is 11.3 Å². The summed E-state index contributed by atoms with van der Waals surface area (Å²) in [6, 6.07) is 15.7. The van der Waals surface area contributed by atoms with Crippen molar-refractivity contribution < 1.29 is 9.59 Å². The van der Waals surface area contributed by atoms with Crippen LogP contribution < -0.4 is 5.32 Å². The van der Waals surface area contributed by atoms with Crippen LogP contribution in [0.1, 0.15) is 34.3 Å². The zero-order valence-corrected chi connectivity index (χ0v) is 15.8. The van der Waals surface area contributed by atoms with Gasteiger partial charge in [0.25, 0.3) is 5.91 Å². The molecule has 1 aliphatic rings. The third kappa shape index (κ3) is 5.11. The first kappa shape index (κ1) is 18.5. The largest absolute Gasteiger partial charge is 0.351 e. The lowest BCUT2D eigenvalue weighted by atomic mass is 10.1. The number of amides is 2. The van der Waals surface area contributed by atoms with Crippen LogP contribution in [-0.4, -0.2) is 35.6 Å². The fourth-order valence-corrected chi connectivity index (χ4v) is 3.63. The Morgan fingerprint density at radius 2 is 1.65 bits per heavy atom. The number of carbonyl (C=O) groups is 2. The zero-order chi connectivity index (χ0) is 18.4. The van der Waals surface area contributed by atoms with E-state index in [1.165, 1.54) is 17.3 Å². The summed E-state index contributed by atoms with van der Waals surface area (Å²) in [6.45, 7) is 4.24. The number of hydrogen-bond donors (Lipinski definition) is 1. The van der Waals surface area contributed by atoms with E-state index in [2.05, 4.69) is 5.32 Å². The highest BCUT2D eigenvalue weighted by atomic mass is 32.2. The minimum Gasteiger partial charge on any atom is -0.351 e. The lowest BCUT2D eigenvalue weighted by Crippen LogP contribution is -2.27. The maximum Gasteiger partial charge on any atom is 0.253 e. The minimum atomic E-state index is 0.00722. The molecule has 2 aromatic carbocycles. The Bertz CT molecular complexity index is 751. The highest BCUT2D eigenvalue weighted by molar-refractivity contribution is 8.00. The molecule has 2 aromatic rings. The zero-order valence-electron chi connectivity index (χ0n) is 15.0. The minimum absolute atomic E-state index is 0.00722. The van der Waals surface area contributed by atoms with E-state index in [1.54, 1.807) is 0 Å². The number of aryl methyl sites for hydroxylation is 1. The molecule has 5 heteroatoms. The molecule has 1 N–H and O–H groups in total. The van der Waals surface area contributed by atoms with E-state index >= 15 is 0 Å². The molecular formula is C21H24N2O2S. The Morgan fingerprint density at radius 3 is 2.31 bits per heavy atom. The number of carbonyl (C=O) groups excluding carboxylic acids is 2. The van der Waals surface area contributed by atoms with Crippen LogP contribution in [0.15, 0.2) is 53.4 Å². The van der Waals surface area contributed by atoms with E-state index < -0.39 is 0 Å². The number of rotatable bonds is 6. The van der Waals surface area contributed by atoms with E-state index in [0.29, 0.717) is 12.3 Å². The average molecular weight is 369 g/mol. The van der Waals surface area contributed by atoms with Crippen molar-refractivity contribution in [3.63, 3.8) is 0 Å². The summed E-state index contributed by atoms with van der Waals surface area (Å²) in [7, 11) is 0. The molecule has 1 heterocycles. The van der Waals surface area contributed by atoms with Crippen LogP contribution >= 0.6 is 11.8 Å². The predicted octanol–water partition coefficient (Wildman–Crippen LogP) is 3.64. The SMILES string of the molecule is Cc1ccc(SCC(=O)NCc2ccc(C(=O)N3CCCC3)cc2)cc1. The second kappa shape index (κ2) is 8.90. The molecule has 1 fully saturated rings. The van der Waals surface area contributed by atoms with E-state index in [9.17, 15) is 9.59 Å². The van der Waals surface area contributed by atoms with Crippen LogP contribution in [0.3, 0.4) is 0 Å². The topological polar surface area (TPSA) is 49.4 Å². The fraction of sp³-hybridized carbons (Fsp3) is 0.333. The molecule has 1 saturated heterocycles. The molecule has 0 atom stereocenters. The monoisotopic (exact) mass is 368 g/mol. The van der Waals surface area contributed by atoms with E-state index in [1.807, 2.05) is 60.4 Å². The molecule has 2 amide bonds. The van der Waals surface area contributed by atoms with Gasteiger partial charge in [0.15, 0.2) is 0 Å². The first-order valence-corrected chi connectivity index (χ1v) is 9.95. The van der Waals surface area contributed by atoms with Crippen LogP contribution in [0.4, 0.5) is 0 Å². The van der Waals surface area contributed by atoms with Gasteiger partial charge < -0.3 is 10.2 Å². The second-order valence-electron chi connectivity index (χ2n) is 6.57. The first-order chi connectivity index (χ1) is 12.6. The Hall–Kier alpha value is -2.27. The molecule has 0 radical (unpaired) electrons. The van der Waals surface area contributed by atoms with Crippen molar-refractivity contribution >= 4 is 23.6 Å². The van der Waals surface area contributed by atoms with E-state index in [4.69, 9.17) is 0 Å². The van der Waals surface area contributed by atoms with Crippen molar-refractivity contribution in [1.29, 1.82) is 0 Å². The molecule has 0 bridgehead atoms. The lowest BCUT2D eigenvalue weighted by Gasteiger charge is -2.15. The fourth-order valence-electron chi connectivity index (χ4n) is 2.90. The van der Waals surface area contributed by atoms with Gasteiger partial charge in [-0.2, -0.15) is 0 Å². The molecule has 26 heavy (non-hydrogen) atoms. The molecule has 0 saturated carbocycles. The summed E-state index contributed by atoms with van der Waals surface area (Å²) in [4.78, 5) is 27.3. The van der Waals surface area contributed by atoms with Gasteiger partial charge in [0.05, 0.1) is 5.75 Å². The maximum absolute atomic E-state index is 12.3. The summed E-state index contributed by atoms with van der Waals surface area (Å²) in [5, 5.41) is 2.93. The number of nitrogens with one attached hydrogen (secondary N) is 1. The van der Waals surface area contributed by atoms with E-state index in [-0.39, 0.29) is 11.8 Å². The lowest BCUT2D eigenvalue weighted by molar-refractivity contribution is -0.118. The number of thioether (sulfide) groups is 1. The summed E-state index contributed by atoms with van der Waals surface area (Å²) >= 11 is 1.53. The Morgan fingerprint density at radius 1 is 1.00 bits per heavy atom. The normalized spacial score (nSPS) is 13.7. The molecule has 0 unspecified atom stereocenters. The van der Waals surface area contributed by atoms with Crippen LogP contribution in [0.25, 0.3) is 0 Å². The van der Waals surface area contributed by atoms with Gasteiger partial charge in [-0.05, 0) is 49.6 Å². The van der Waals surface area contributed by atoms with Gasteiger partial charge in [-0.25, -0.2) is 0 Å². The highest BCUT2D eigenvalue weighted by Gasteiger charge is 2.19. The average Bonchev–Trinajstić information content (AvgIpc) is 3.20. The van der Waals surface area contributed by atoms with Crippen molar-refractivity contribution in [2.75, 3.05) is 18.8 Å². The van der Waals surface area contributed by atoms with Gasteiger partial charge in [-0.15, -0.1) is 11.8 Å². The number of benzene rings is 2. The van der Waals surface area contributed by atoms with Crippen molar-refractivity contribution in [1.82, 2.24) is 10.2 Å². The van der Waals surface area contributed by atoms with Gasteiger partial charge in [0.2, 0.25) is 5.91 Å². The maximum atomic E-state index is 12.3. The molecule has 136 valence electrons. The number of likely N-dealkylation sites (tertiary alicyclic amines) is 1. The van der Waals surface area contributed by atoms with Crippen molar-refractivity contribution in [2.24, 2.45) is 0 Å². The van der Waals surface area contributed by atoms with Crippen LogP contribution in [0.5, 0.6) is 0 Å². The first-order valence-electron chi connectivity index (χ1n) is 8.96. The summed E-state index contributed by atoms with van der Waals surface area (Å²) < 4.78 is 0. The van der Waals surface area contributed by atoms with Crippen molar-refractivity contribution in [3.05, 3.63) is 65.2 Å². The standard InChI is InChI=1S/C21H24N2O2S/c1-16-4-10-19(11-5-16)26-15-20(24)22-14-17-6-8-18(9-7-17)21(25)23-12-2-3-13-23/h4-11H,2-3,12-15H2,1H3,(H,22,24). The highest BCUT2D eigenvalue weighted by Crippen LogP contribution is 2.18. The molecule has 4 nitrogen and oxygen atoms in total. The van der Waals surface area contributed by atoms with Gasteiger partial charge in [0.1, 0.15) is 0 Å². The molecular weight excluding hydrogens is 344 g/mol. The third-order valence-corrected chi connectivity index (χ3v) is 5.49. The smallest absolute Gasteiger partial charge is 0.253 e. The summed E-state index contributed by atoms with van der Waals surface area (Å²) in [6.07, 6.45) is 2.19. The Kier molecular flexibility index (Phi) is 6.34. The molecule has 3 rings (SSSR count). The third-order valence-electron chi connectivity index (χ3n) is 4.47. The van der Waals surface area contributed by atoms with Crippen molar-refractivity contribution in [3.8, 4) is 0 Å². The van der Waals surface area contributed by atoms with Gasteiger partial charge >= 0.3 is 0 Å². The second-order valence-corrected chi connectivity index (χ2v) is 7.62. The van der Waals surface area contributed by atoms with Crippen LogP contribution in [0, 0.1) is 6.92 Å². The number of hydrogen-bond acceptors (Lipinski definition) is 3. The molecule has 0 aromatic heterocycles. The van der Waals surface area contributed by atoms with Gasteiger partial charge in [-0.1, -0.05) is 29.8 Å². The Balaban J connectivity index is 1.44. The summed E-state index contributed by atoms with van der Waals surface area (Å²) in [5.41, 5.74) is 2.93. The Labute approximate surface area is 159 Å². The summed E-state index contributed by atoms with van der Waals surface area (Å²) in [5.74, 6) is 0.509. The van der Waals surface area contributed by atoms with Gasteiger partial charge in [0, 0.05) is 30.1 Å². The van der Waals surface area contributed by atoms with Gasteiger partial charge in [-0.3, -0.25) is 9.59 Å². The van der Waals surface area contributed by atoms with E-state index in [0.717, 1.165) is 42.0 Å². The molecule has 0 spiro atoms. The molecule has 1 aliphatic heterocycles. The molecule has 0 aliphatic carbocycles. The van der Waals surface area contributed by atoms with Crippen molar-refractivity contribution in [2.45, 2.75) is 31.2 Å². The number of nitrogens with zero attached hydrogens (tertiary/aromatic N) is 1. The quantitative estimate of drug-likeness (QED) is 0.792.